The smallest absolute Gasteiger partial charge is 0.238 e. The van der Waals surface area contributed by atoms with Gasteiger partial charge in [0.25, 0.3) is 0 Å². The predicted molar refractivity (Wildman–Crippen MR) is 73.9 cm³/mol. The summed E-state index contributed by atoms with van der Waals surface area (Å²) in [4.78, 5) is 14.0. The van der Waals surface area contributed by atoms with Crippen molar-refractivity contribution in [2.24, 2.45) is 0 Å². The second-order valence-electron chi connectivity index (χ2n) is 4.77. The largest absolute Gasteiger partial charge is 0.325 e. The van der Waals surface area contributed by atoms with Crippen molar-refractivity contribution in [2.45, 2.75) is 13.0 Å². The van der Waals surface area contributed by atoms with Crippen LogP contribution in [0.4, 0.5) is 10.1 Å². The third-order valence-electron chi connectivity index (χ3n) is 3.02. The second-order valence-corrected chi connectivity index (χ2v) is 5.17. The average molecular weight is 286 g/mol. The number of anilines is 1. The zero-order valence-corrected chi connectivity index (χ0v) is 11.5. The number of nitrogens with one attached hydrogen (secondary N) is 2. The van der Waals surface area contributed by atoms with Crippen molar-refractivity contribution in [1.29, 1.82) is 0 Å². The predicted octanol–water partition coefficient (Wildman–Crippen LogP) is 1.71. The molecule has 0 spiro atoms. The van der Waals surface area contributed by atoms with E-state index in [1.807, 2.05) is 0 Å². The van der Waals surface area contributed by atoms with E-state index in [2.05, 4.69) is 22.5 Å². The lowest BCUT2D eigenvalue weighted by Gasteiger charge is -2.31. The van der Waals surface area contributed by atoms with Gasteiger partial charge in [0, 0.05) is 31.4 Å². The molecule has 0 aliphatic carbocycles. The molecule has 2 N–H and O–H groups in total. The fourth-order valence-corrected chi connectivity index (χ4v) is 2.31. The Morgan fingerprint density at radius 1 is 1.63 bits per heavy atom. The number of hydrogen-bond donors (Lipinski definition) is 2. The molecule has 0 bridgehead atoms. The summed E-state index contributed by atoms with van der Waals surface area (Å²) in [7, 11) is 0. The molecule has 0 aromatic heterocycles. The molecule has 1 amide bonds. The Balaban J connectivity index is 1.88. The van der Waals surface area contributed by atoms with E-state index in [0.29, 0.717) is 18.3 Å². The number of benzene rings is 1. The topological polar surface area (TPSA) is 44.4 Å². The number of amides is 1. The standard InChI is InChI=1S/C13H17ClFN3O/c1-9-7-18(5-4-16-9)8-13(19)17-10-2-3-12(15)11(14)6-10/h2-3,6,9,16H,4-5,7-8H2,1H3,(H,17,19). The third kappa shape index (κ3) is 4.16. The lowest BCUT2D eigenvalue weighted by atomic mass is 10.2. The van der Waals surface area contributed by atoms with E-state index in [1.165, 1.54) is 18.2 Å². The molecule has 1 aromatic rings. The summed E-state index contributed by atoms with van der Waals surface area (Å²) in [6.45, 7) is 5.00. The van der Waals surface area contributed by atoms with Crippen molar-refractivity contribution in [1.82, 2.24) is 10.2 Å². The van der Waals surface area contributed by atoms with Crippen LogP contribution < -0.4 is 10.6 Å². The monoisotopic (exact) mass is 285 g/mol. The second kappa shape index (κ2) is 6.32. The van der Waals surface area contributed by atoms with Crippen LogP contribution in [-0.4, -0.2) is 43.0 Å². The quantitative estimate of drug-likeness (QED) is 0.889. The van der Waals surface area contributed by atoms with Gasteiger partial charge in [0.15, 0.2) is 0 Å². The van der Waals surface area contributed by atoms with Crippen molar-refractivity contribution in [3.05, 3.63) is 29.0 Å². The van der Waals surface area contributed by atoms with Gasteiger partial charge in [-0.25, -0.2) is 4.39 Å². The summed E-state index contributed by atoms with van der Waals surface area (Å²) < 4.78 is 13.0. The fraction of sp³-hybridized carbons (Fsp3) is 0.462. The first-order valence-electron chi connectivity index (χ1n) is 6.25. The molecule has 1 heterocycles. The maximum atomic E-state index is 13.0. The molecule has 1 aromatic carbocycles. The summed E-state index contributed by atoms with van der Waals surface area (Å²) >= 11 is 5.66. The molecule has 1 fully saturated rings. The first-order valence-corrected chi connectivity index (χ1v) is 6.63. The SMILES string of the molecule is CC1CN(CC(=O)Nc2ccc(F)c(Cl)c2)CCN1. The Labute approximate surface area is 116 Å². The van der Waals surface area contributed by atoms with E-state index in [0.717, 1.165) is 19.6 Å². The van der Waals surface area contributed by atoms with Gasteiger partial charge in [0.05, 0.1) is 11.6 Å². The maximum Gasteiger partial charge on any atom is 0.238 e. The molecule has 2 rings (SSSR count). The summed E-state index contributed by atoms with van der Waals surface area (Å²) in [5.41, 5.74) is 0.514. The Morgan fingerprint density at radius 3 is 3.11 bits per heavy atom. The van der Waals surface area contributed by atoms with Crippen molar-refractivity contribution in [2.75, 3.05) is 31.5 Å². The molecule has 1 aliphatic heterocycles. The van der Waals surface area contributed by atoms with E-state index in [4.69, 9.17) is 11.6 Å². The molecule has 1 aliphatic rings. The van der Waals surface area contributed by atoms with Gasteiger partial charge in [-0.05, 0) is 25.1 Å². The number of nitrogens with zero attached hydrogens (tertiary/aromatic N) is 1. The van der Waals surface area contributed by atoms with Crippen molar-refractivity contribution in [3.8, 4) is 0 Å². The van der Waals surface area contributed by atoms with E-state index in [9.17, 15) is 9.18 Å². The van der Waals surface area contributed by atoms with E-state index in [-0.39, 0.29) is 10.9 Å². The van der Waals surface area contributed by atoms with E-state index >= 15 is 0 Å². The average Bonchev–Trinajstić information content (AvgIpc) is 2.34. The van der Waals surface area contributed by atoms with Gasteiger partial charge in [-0.1, -0.05) is 11.6 Å². The zero-order valence-electron chi connectivity index (χ0n) is 10.7. The minimum absolute atomic E-state index is 0.00796. The van der Waals surface area contributed by atoms with Crippen molar-refractivity contribution < 1.29 is 9.18 Å². The Morgan fingerprint density at radius 2 is 2.42 bits per heavy atom. The van der Waals surface area contributed by atoms with Gasteiger partial charge >= 0.3 is 0 Å². The highest BCUT2D eigenvalue weighted by Gasteiger charge is 2.18. The van der Waals surface area contributed by atoms with Gasteiger partial charge in [0.2, 0.25) is 5.91 Å². The van der Waals surface area contributed by atoms with Crippen LogP contribution in [0.1, 0.15) is 6.92 Å². The molecule has 6 heteroatoms. The fourth-order valence-electron chi connectivity index (χ4n) is 2.13. The van der Waals surface area contributed by atoms with Gasteiger partial charge in [-0.3, -0.25) is 9.69 Å². The highest BCUT2D eigenvalue weighted by molar-refractivity contribution is 6.31. The van der Waals surface area contributed by atoms with Crippen molar-refractivity contribution >= 4 is 23.2 Å². The molecule has 1 saturated heterocycles. The summed E-state index contributed by atoms with van der Waals surface area (Å²) in [6, 6.07) is 4.54. The van der Waals surface area contributed by atoms with Gasteiger partial charge in [-0.15, -0.1) is 0 Å². The first-order chi connectivity index (χ1) is 9.04. The minimum Gasteiger partial charge on any atom is -0.325 e. The van der Waals surface area contributed by atoms with Crippen LogP contribution in [0.15, 0.2) is 18.2 Å². The molecule has 19 heavy (non-hydrogen) atoms. The molecule has 104 valence electrons. The van der Waals surface area contributed by atoms with Gasteiger partial charge in [0.1, 0.15) is 5.82 Å². The van der Waals surface area contributed by atoms with Crippen molar-refractivity contribution in [3.63, 3.8) is 0 Å². The highest BCUT2D eigenvalue weighted by atomic mass is 35.5. The number of carbonyl (C=O) groups is 1. The number of halogens is 2. The summed E-state index contributed by atoms with van der Waals surface area (Å²) in [6.07, 6.45) is 0. The van der Waals surface area contributed by atoms with E-state index in [1.54, 1.807) is 0 Å². The van der Waals surface area contributed by atoms with Gasteiger partial charge < -0.3 is 10.6 Å². The lowest BCUT2D eigenvalue weighted by Crippen LogP contribution is -2.51. The van der Waals surface area contributed by atoms with E-state index < -0.39 is 5.82 Å². The summed E-state index contributed by atoms with van der Waals surface area (Å²) in [5.74, 6) is -0.604. The number of hydrogen-bond acceptors (Lipinski definition) is 3. The van der Waals surface area contributed by atoms with Gasteiger partial charge in [-0.2, -0.15) is 0 Å². The van der Waals surface area contributed by atoms with Crippen LogP contribution in [0.5, 0.6) is 0 Å². The molecule has 4 nitrogen and oxygen atoms in total. The molecular formula is C13H17ClFN3O. The Bertz CT molecular complexity index is 469. The number of piperazine rings is 1. The molecule has 0 saturated carbocycles. The lowest BCUT2D eigenvalue weighted by molar-refractivity contribution is -0.117. The molecule has 1 unspecified atom stereocenters. The zero-order chi connectivity index (χ0) is 13.8. The Kier molecular flexibility index (Phi) is 4.74. The van der Waals surface area contributed by atoms with Crippen LogP contribution in [-0.2, 0) is 4.79 Å². The summed E-state index contributed by atoms with van der Waals surface area (Å²) in [5, 5.41) is 6.04. The first kappa shape index (κ1) is 14.2. The molecule has 0 radical (unpaired) electrons. The third-order valence-corrected chi connectivity index (χ3v) is 3.31. The highest BCUT2D eigenvalue weighted by Crippen LogP contribution is 2.19. The number of carbonyl (C=O) groups excluding carboxylic acids is 1. The normalized spacial score (nSPS) is 20.3. The van der Waals surface area contributed by atoms with Crippen LogP contribution >= 0.6 is 11.6 Å². The molecular weight excluding hydrogens is 269 g/mol. The maximum absolute atomic E-state index is 13.0. The molecule has 1 atom stereocenters. The van der Waals surface area contributed by atoms with Crippen LogP contribution in [0.2, 0.25) is 5.02 Å². The van der Waals surface area contributed by atoms with Crippen LogP contribution in [0.25, 0.3) is 0 Å². The van der Waals surface area contributed by atoms with Crippen LogP contribution in [0.3, 0.4) is 0 Å². The number of rotatable bonds is 3. The minimum atomic E-state index is -0.490. The Hall–Kier alpha value is -1.17. The van der Waals surface area contributed by atoms with Crippen LogP contribution in [0, 0.1) is 5.82 Å².